The zero-order valence-corrected chi connectivity index (χ0v) is 14.5. The highest BCUT2D eigenvalue weighted by Crippen LogP contribution is 2.62. The Morgan fingerprint density at radius 3 is 2.83 bits per heavy atom. The molecule has 3 unspecified atom stereocenters. The van der Waals surface area contributed by atoms with Crippen molar-refractivity contribution < 1.29 is 9.90 Å². The van der Waals surface area contributed by atoms with Gasteiger partial charge in [-0.15, -0.1) is 6.58 Å². The third-order valence-electron chi connectivity index (χ3n) is 6.71. The van der Waals surface area contributed by atoms with Crippen molar-refractivity contribution >= 4 is 5.78 Å². The van der Waals surface area contributed by atoms with E-state index in [1.807, 2.05) is 12.2 Å². The zero-order chi connectivity index (χ0) is 16.4. The maximum atomic E-state index is 13.0. The first-order valence-corrected chi connectivity index (χ1v) is 9.68. The third kappa shape index (κ3) is 3.07. The molecule has 2 heteroatoms. The van der Waals surface area contributed by atoms with Crippen LogP contribution in [0.15, 0.2) is 24.8 Å². The number of fused-ring (bicyclic) bond motifs is 5. The van der Waals surface area contributed by atoms with E-state index in [2.05, 4.69) is 19.6 Å². The lowest BCUT2D eigenvalue weighted by molar-refractivity contribution is -0.128. The van der Waals surface area contributed by atoms with E-state index in [1.54, 1.807) is 0 Å². The number of aliphatic hydroxyl groups excluding tert-OH is 1. The van der Waals surface area contributed by atoms with Crippen LogP contribution in [0.1, 0.15) is 58.3 Å². The Hall–Kier alpha value is -0.890. The minimum Gasteiger partial charge on any atom is -0.388 e. The number of hydrogen-bond donors (Lipinski definition) is 1. The fourth-order valence-electron chi connectivity index (χ4n) is 5.83. The highest BCUT2D eigenvalue weighted by molar-refractivity contribution is 5.88. The van der Waals surface area contributed by atoms with Gasteiger partial charge in [0.15, 0.2) is 0 Å². The normalized spacial score (nSPS) is 40.0. The second-order valence-electron chi connectivity index (χ2n) is 7.97. The predicted molar refractivity (Wildman–Crippen MR) is 93.9 cm³/mol. The van der Waals surface area contributed by atoms with Gasteiger partial charge in [0.05, 0.1) is 12.0 Å². The molecule has 0 aromatic rings. The molecular formula is C21H32O2. The van der Waals surface area contributed by atoms with E-state index in [9.17, 15) is 9.90 Å². The molecule has 2 nitrogen and oxygen atoms in total. The van der Waals surface area contributed by atoms with Crippen LogP contribution in [0.4, 0.5) is 0 Å². The molecule has 3 aliphatic rings. The number of hydrogen-bond acceptors (Lipinski definition) is 2. The third-order valence-corrected chi connectivity index (χ3v) is 6.71. The second-order valence-corrected chi connectivity index (χ2v) is 7.97. The number of unbranched alkanes of at least 4 members (excludes halogenated alkanes) is 3. The van der Waals surface area contributed by atoms with Gasteiger partial charge in [-0.2, -0.15) is 0 Å². The van der Waals surface area contributed by atoms with Gasteiger partial charge in [0.25, 0.3) is 0 Å². The number of allylic oxidation sites excluding steroid dienone is 2. The first-order valence-electron chi connectivity index (χ1n) is 9.68. The minimum atomic E-state index is -0.598. The molecule has 0 aromatic heterocycles. The minimum absolute atomic E-state index is 0.186. The standard InChI is InChI=1S/C21H32O2/c1-3-5-6-7-8-10-17(22)20-16(9-4-2)18-14-11-12-15(13-14)19(18)21(20)23/h4,8,10,14-20,22H,2-3,5-7,9,11-13H2,1H3/b10-8+/t14?,15-,16?,17+,18?,19+,20+/m1/s1. The summed E-state index contributed by atoms with van der Waals surface area (Å²) >= 11 is 0. The Balaban J connectivity index is 1.69. The van der Waals surface area contributed by atoms with Crippen molar-refractivity contribution in [1.82, 2.24) is 0 Å². The Kier molecular flexibility index (Phi) is 5.41. The highest BCUT2D eigenvalue weighted by Gasteiger charge is 2.61. The Morgan fingerprint density at radius 1 is 1.30 bits per heavy atom. The fraction of sp³-hybridized carbons (Fsp3) is 0.762. The topological polar surface area (TPSA) is 37.3 Å². The van der Waals surface area contributed by atoms with Gasteiger partial charge in [-0.1, -0.05) is 38.0 Å². The van der Waals surface area contributed by atoms with Crippen molar-refractivity contribution in [1.29, 1.82) is 0 Å². The van der Waals surface area contributed by atoms with Gasteiger partial charge in [-0.05, 0) is 62.2 Å². The van der Waals surface area contributed by atoms with E-state index < -0.39 is 6.10 Å². The Morgan fingerprint density at radius 2 is 2.09 bits per heavy atom. The van der Waals surface area contributed by atoms with Crippen LogP contribution >= 0.6 is 0 Å². The smallest absolute Gasteiger partial charge is 0.142 e. The van der Waals surface area contributed by atoms with Crippen LogP contribution in [0, 0.1) is 35.5 Å². The molecule has 0 heterocycles. The molecule has 3 fully saturated rings. The van der Waals surface area contributed by atoms with E-state index in [-0.39, 0.29) is 11.8 Å². The van der Waals surface area contributed by atoms with Crippen LogP contribution in [0.3, 0.4) is 0 Å². The van der Waals surface area contributed by atoms with Gasteiger partial charge in [0.1, 0.15) is 5.78 Å². The summed E-state index contributed by atoms with van der Waals surface area (Å²) in [7, 11) is 0. The molecular weight excluding hydrogens is 284 g/mol. The van der Waals surface area contributed by atoms with E-state index in [0.717, 1.165) is 18.8 Å². The number of ketones is 1. The summed E-state index contributed by atoms with van der Waals surface area (Å²) < 4.78 is 0. The molecule has 23 heavy (non-hydrogen) atoms. The van der Waals surface area contributed by atoms with Gasteiger partial charge in [-0.25, -0.2) is 0 Å². The van der Waals surface area contributed by atoms with Crippen LogP contribution in [0.5, 0.6) is 0 Å². The first kappa shape index (κ1) is 17.0. The van der Waals surface area contributed by atoms with Crippen LogP contribution in [0.25, 0.3) is 0 Å². The number of carbonyl (C=O) groups is 1. The number of carbonyl (C=O) groups excluding carboxylic acids is 1. The number of Topliss-reactive ketones (excluding diaryl/α,β-unsaturated/α-hetero) is 1. The molecule has 3 aliphatic carbocycles. The van der Waals surface area contributed by atoms with E-state index >= 15 is 0 Å². The van der Waals surface area contributed by atoms with Crippen LogP contribution in [-0.4, -0.2) is 17.0 Å². The molecule has 3 saturated carbocycles. The van der Waals surface area contributed by atoms with Crippen molar-refractivity contribution in [2.75, 3.05) is 0 Å². The molecule has 3 rings (SSSR count). The van der Waals surface area contributed by atoms with Crippen molar-refractivity contribution in [3.05, 3.63) is 24.8 Å². The van der Waals surface area contributed by atoms with Crippen molar-refractivity contribution in [3.63, 3.8) is 0 Å². The number of aliphatic hydroxyl groups is 1. The second kappa shape index (κ2) is 7.34. The summed E-state index contributed by atoms with van der Waals surface area (Å²) in [6.07, 6.45) is 14.6. The van der Waals surface area contributed by atoms with Crippen molar-refractivity contribution in [3.8, 4) is 0 Å². The van der Waals surface area contributed by atoms with Gasteiger partial charge in [-0.3, -0.25) is 4.79 Å². The van der Waals surface area contributed by atoms with Gasteiger partial charge in [0.2, 0.25) is 0 Å². The SMILES string of the molecule is C=CCC1C2C3CC[C@H](C3)[C@@H]2C(=O)[C@@H]1[C@@H](O)/C=C/CCCCC. The van der Waals surface area contributed by atoms with E-state index in [4.69, 9.17) is 0 Å². The summed E-state index contributed by atoms with van der Waals surface area (Å²) in [5.74, 6) is 2.59. The Labute approximate surface area is 141 Å². The monoisotopic (exact) mass is 316 g/mol. The molecule has 1 N–H and O–H groups in total. The predicted octanol–water partition coefficient (Wildman–Crippen LogP) is 4.54. The molecule has 0 saturated heterocycles. The molecule has 7 atom stereocenters. The lowest BCUT2D eigenvalue weighted by atomic mass is 9.75. The van der Waals surface area contributed by atoms with Crippen molar-refractivity contribution in [2.24, 2.45) is 35.5 Å². The fourth-order valence-corrected chi connectivity index (χ4v) is 5.83. The first-order chi connectivity index (χ1) is 11.2. The van der Waals surface area contributed by atoms with Crippen LogP contribution in [-0.2, 0) is 4.79 Å². The van der Waals surface area contributed by atoms with Gasteiger partial charge >= 0.3 is 0 Å². The molecule has 0 aromatic carbocycles. The quantitative estimate of drug-likeness (QED) is 0.527. The molecule has 2 bridgehead atoms. The van der Waals surface area contributed by atoms with E-state index in [0.29, 0.717) is 23.5 Å². The maximum Gasteiger partial charge on any atom is 0.142 e. The summed E-state index contributed by atoms with van der Waals surface area (Å²) in [5.41, 5.74) is 0. The summed E-state index contributed by atoms with van der Waals surface area (Å²) in [6.45, 7) is 6.10. The summed E-state index contributed by atoms with van der Waals surface area (Å²) in [6, 6.07) is 0. The lowest BCUT2D eigenvalue weighted by Gasteiger charge is -2.29. The van der Waals surface area contributed by atoms with Crippen molar-refractivity contribution in [2.45, 2.75) is 64.4 Å². The lowest BCUT2D eigenvalue weighted by Crippen LogP contribution is -2.30. The molecule has 0 spiro atoms. The maximum absolute atomic E-state index is 13.0. The zero-order valence-electron chi connectivity index (χ0n) is 14.5. The molecule has 0 radical (unpaired) electrons. The molecule has 128 valence electrons. The Bertz CT molecular complexity index is 466. The molecule has 0 aliphatic heterocycles. The van der Waals surface area contributed by atoms with Crippen LogP contribution in [0.2, 0.25) is 0 Å². The summed E-state index contributed by atoms with van der Waals surface area (Å²) in [4.78, 5) is 13.0. The van der Waals surface area contributed by atoms with Gasteiger partial charge < -0.3 is 5.11 Å². The largest absolute Gasteiger partial charge is 0.388 e. The molecule has 0 amide bonds. The average molecular weight is 316 g/mol. The van der Waals surface area contributed by atoms with Gasteiger partial charge in [0, 0.05) is 5.92 Å². The van der Waals surface area contributed by atoms with Crippen LogP contribution < -0.4 is 0 Å². The summed E-state index contributed by atoms with van der Waals surface area (Å²) in [5, 5.41) is 10.7. The number of rotatable bonds is 8. The highest BCUT2D eigenvalue weighted by atomic mass is 16.3. The average Bonchev–Trinajstić information content (AvgIpc) is 3.21. The van der Waals surface area contributed by atoms with E-state index in [1.165, 1.54) is 38.5 Å².